The Labute approximate surface area is 151 Å². The van der Waals surface area contributed by atoms with Crippen LogP contribution in [0.15, 0.2) is 18.3 Å². The minimum absolute atomic E-state index is 0.223. The molecule has 4 rings (SSSR count). The Bertz CT molecular complexity index is 833. The third-order valence-corrected chi connectivity index (χ3v) is 4.93. The van der Waals surface area contributed by atoms with Crippen molar-refractivity contribution in [3.8, 4) is 17.2 Å². The molecule has 0 unspecified atom stereocenters. The number of ether oxygens (including phenoxy) is 3. The maximum absolute atomic E-state index is 11.5. The summed E-state index contributed by atoms with van der Waals surface area (Å²) in [7, 11) is 1.62. The zero-order valence-electron chi connectivity index (χ0n) is 14.7. The van der Waals surface area contributed by atoms with E-state index in [1.807, 2.05) is 16.8 Å². The average molecular weight is 358 g/mol. The SMILES string of the molecule is COc1cc(CNC[C@@H]2CCn3ncc(C(N)=O)c3C2)cc2c1OCO2. The maximum atomic E-state index is 11.5. The minimum Gasteiger partial charge on any atom is -0.493 e. The van der Waals surface area contributed by atoms with Crippen LogP contribution < -0.4 is 25.3 Å². The van der Waals surface area contributed by atoms with Gasteiger partial charge in [0, 0.05) is 13.1 Å². The lowest BCUT2D eigenvalue weighted by Crippen LogP contribution is -2.30. The summed E-state index contributed by atoms with van der Waals surface area (Å²) < 4.78 is 18.1. The van der Waals surface area contributed by atoms with E-state index < -0.39 is 5.91 Å². The van der Waals surface area contributed by atoms with Crippen molar-refractivity contribution < 1.29 is 19.0 Å². The second-order valence-electron chi connectivity index (χ2n) is 6.61. The predicted octanol–water partition coefficient (Wildman–Crippen LogP) is 1.07. The second kappa shape index (κ2) is 6.87. The van der Waals surface area contributed by atoms with Crippen LogP contribution in [0.4, 0.5) is 0 Å². The van der Waals surface area contributed by atoms with Crippen LogP contribution >= 0.6 is 0 Å². The van der Waals surface area contributed by atoms with E-state index in [0.29, 0.717) is 35.3 Å². The molecule has 0 aliphatic carbocycles. The monoisotopic (exact) mass is 358 g/mol. The van der Waals surface area contributed by atoms with Gasteiger partial charge in [-0.1, -0.05) is 0 Å². The Hall–Kier alpha value is -2.74. The summed E-state index contributed by atoms with van der Waals surface area (Å²) in [6.45, 7) is 2.58. The van der Waals surface area contributed by atoms with Gasteiger partial charge < -0.3 is 25.3 Å². The lowest BCUT2D eigenvalue weighted by atomic mass is 9.94. The highest BCUT2D eigenvalue weighted by atomic mass is 16.7. The highest BCUT2D eigenvalue weighted by Crippen LogP contribution is 2.41. The van der Waals surface area contributed by atoms with E-state index in [-0.39, 0.29) is 6.79 Å². The topological polar surface area (TPSA) is 101 Å². The molecular formula is C18H22N4O4. The molecule has 1 amide bonds. The Kier molecular flexibility index (Phi) is 4.42. The first-order valence-corrected chi connectivity index (χ1v) is 8.67. The fourth-order valence-corrected chi connectivity index (χ4v) is 3.59. The standard InChI is InChI=1S/C18H22N4O4/c1-24-15-5-12(6-16-17(15)26-10-25-16)8-20-7-11-2-3-22-14(4-11)13(9-21-22)18(19)23/h5-6,9,11,20H,2-4,7-8,10H2,1H3,(H2,19,23)/t11-/m1/s1. The van der Waals surface area contributed by atoms with Crippen LogP contribution in [0.2, 0.25) is 0 Å². The van der Waals surface area contributed by atoms with Gasteiger partial charge in [-0.25, -0.2) is 0 Å². The third kappa shape index (κ3) is 3.08. The Morgan fingerprint density at radius 3 is 3.15 bits per heavy atom. The largest absolute Gasteiger partial charge is 0.493 e. The van der Waals surface area contributed by atoms with Gasteiger partial charge in [0.15, 0.2) is 11.5 Å². The molecule has 1 aromatic heterocycles. The van der Waals surface area contributed by atoms with Crippen molar-refractivity contribution in [2.24, 2.45) is 11.7 Å². The number of nitrogens with two attached hydrogens (primary N) is 1. The number of hydrogen-bond acceptors (Lipinski definition) is 6. The number of rotatable bonds is 6. The quantitative estimate of drug-likeness (QED) is 0.801. The van der Waals surface area contributed by atoms with E-state index in [2.05, 4.69) is 10.4 Å². The molecule has 0 fully saturated rings. The molecule has 2 aliphatic rings. The summed E-state index contributed by atoms with van der Waals surface area (Å²) in [5.74, 6) is 2.09. The molecule has 0 saturated carbocycles. The highest BCUT2D eigenvalue weighted by Gasteiger charge is 2.24. The zero-order chi connectivity index (χ0) is 18.1. The molecule has 2 aliphatic heterocycles. The van der Waals surface area contributed by atoms with Crippen LogP contribution in [0.1, 0.15) is 28.0 Å². The van der Waals surface area contributed by atoms with Crippen molar-refractivity contribution in [3.63, 3.8) is 0 Å². The number of fused-ring (bicyclic) bond motifs is 2. The first kappa shape index (κ1) is 16.7. The Morgan fingerprint density at radius 1 is 1.46 bits per heavy atom. The van der Waals surface area contributed by atoms with Crippen molar-refractivity contribution in [1.82, 2.24) is 15.1 Å². The number of methoxy groups -OCH3 is 1. The van der Waals surface area contributed by atoms with Crippen molar-refractivity contribution >= 4 is 5.91 Å². The number of hydrogen-bond donors (Lipinski definition) is 2. The van der Waals surface area contributed by atoms with E-state index >= 15 is 0 Å². The number of nitrogens with zero attached hydrogens (tertiary/aromatic N) is 2. The molecule has 1 atom stereocenters. The number of aromatic nitrogens is 2. The van der Waals surface area contributed by atoms with Gasteiger partial charge in [-0.3, -0.25) is 9.48 Å². The first-order valence-electron chi connectivity index (χ1n) is 8.67. The number of carbonyl (C=O) groups is 1. The zero-order valence-corrected chi connectivity index (χ0v) is 14.7. The summed E-state index contributed by atoms with van der Waals surface area (Å²) in [6, 6.07) is 3.93. The minimum atomic E-state index is -0.410. The van der Waals surface area contributed by atoms with Crippen molar-refractivity contribution in [1.29, 1.82) is 0 Å². The molecule has 0 saturated heterocycles. The van der Waals surface area contributed by atoms with Crippen LogP contribution in [0, 0.1) is 5.92 Å². The van der Waals surface area contributed by atoms with Gasteiger partial charge in [0.05, 0.1) is 24.6 Å². The molecule has 2 aromatic rings. The van der Waals surface area contributed by atoms with Crippen molar-refractivity contribution in [3.05, 3.63) is 35.2 Å². The van der Waals surface area contributed by atoms with Gasteiger partial charge in [0.1, 0.15) is 0 Å². The molecule has 3 heterocycles. The van der Waals surface area contributed by atoms with E-state index in [4.69, 9.17) is 19.9 Å². The van der Waals surface area contributed by atoms with E-state index in [1.165, 1.54) is 0 Å². The summed E-state index contributed by atoms with van der Waals surface area (Å²) in [6.07, 6.45) is 3.40. The molecule has 3 N–H and O–H groups in total. The molecule has 1 aromatic carbocycles. The number of amides is 1. The van der Waals surface area contributed by atoms with Gasteiger partial charge >= 0.3 is 0 Å². The average Bonchev–Trinajstić information content (AvgIpc) is 3.27. The fourth-order valence-electron chi connectivity index (χ4n) is 3.59. The molecule has 138 valence electrons. The van der Waals surface area contributed by atoms with Crippen LogP contribution in [0.3, 0.4) is 0 Å². The van der Waals surface area contributed by atoms with Gasteiger partial charge in [-0.15, -0.1) is 0 Å². The summed E-state index contributed by atoms with van der Waals surface area (Å²) in [5, 5.41) is 7.74. The first-order chi connectivity index (χ1) is 12.7. The molecule has 26 heavy (non-hydrogen) atoms. The summed E-state index contributed by atoms with van der Waals surface area (Å²) >= 11 is 0. The van der Waals surface area contributed by atoms with Crippen LogP contribution in [-0.2, 0) is 19.5 Å². The second-order valence-corrected chi connectivity index (χ2v) is 6.61. The smallest absolute Gasteiger partial charge is 0.252 e. The molecular weight excluding hydrogens is 336 g/mol. The lowest BCUT2D eigenvalue weighted by molar-refractivity contribution is 0.0998. The molecule has 8 heteroatoms. The number of carbonyl (C=O) groups excluding carboxylic acids is 1. The van der Waals surface area contributed by atoms with Crippen LogP contribution in [-0.4, -0.2) is 36.1 Å². The number of nitrogens with one attached hydrogen (secondary N) is 1. The van der Waals surface area contributed by atoms with E-state index in [1.54, 1.807) is 13.3 Å². The fraction of sp³-hybridized carbons (Fsp3) is 0.444. The van der Waals surface area contributed by atoms with Crippen molar-refractivity contribution in [2.45, 2.75) is 25.9 Å². The molecule has 0 bridgehead atoms. The highest BCUT2D eigenvalue weighted by molar-refractivity contribution is 5.93. The maximum Gasteiger partial charge on any atom is 0.252 e. The van der Waals surface area contributed by atoms with E-state index in [9.17, 15) is 4.79 Å². The molecule has 0 radical (unpaired) electrons. The number of aryl methyl sites for hydroxylation is 1. The molecule has 8 nitrogen and oxygen atoms in total. The summed E-state index contributed by atoms with van der Waals surface area (Å²) in [4.78, 5) is 11.5. The van der Waals surface area contributed by atoms with Gasteiger partial charge in [-0.2, -0.15) is 5.10 Å². The van der Waals surface area contributed by atoms with Crippen LogP contribution in [0.25, 0.3) is 0 Å². The predicted molar refractivity (Wildman–Crippen MR) is 93.4 cm³/mol. The number of primary amides is 1. The van der Waals surface area contributed by atoms with Crippen molar-refractivity contribution in [2.75, 3.05) is 20.4 Å². The normalized spacial score (nSPS) is 17.8. The third-order valence-electron chi connectivity index (χ3n) is 4.93. The Morgan fingerprint density at radius 2 is 2.35 bits per heavy atom. The molecule has 0 spiro atoms. The van der Waals surface area contributed by atoms with Gasteiger partial charge in [0.2, 0.25) is 12.5 Å². The van der Waals surface area contributed by atoms with E-state index in [0.717, 1.165) is 37.2 Å². The summed E-state index contributed by atoms with van der Waals surface area (Å²) in [5.41, 5.74) is 7.99. The van der Waals surface area contributed by atoms with Gasteiger partial charge in [-0.05, 0) is 43.0 Å². The van der Waals surface area contributed by atoms with Gasteiger partial charge in [0.25, 0.3) is 5.91 Å². The number of benzene rings is 1. The van der Waals surface area contributed by atoms with Crippen LogP contribution in [0.5, 0.6) is 17.2 Å². The lowest BCUT2D eigenvalue weighted by Gasteiger charge is -2.24. The Balaban J connectivity index is 1.37.